The van der Waals surface area contributed by atoms with Gasteiger partial charge in [0.15, 0.2) is 0 Å². The van der Waals surface area contributed by atoms with Crippen LogP contribution < -0.4 is 0 Å². The molecule has 0 amide bonds. The largest absolute Gasteiger partial charge is 0.478 e. The van der Waals surface area contributed by atoms with Crippen LogP contribution in [-0.4, -0.2) is 35.4 Å². The minimum absolute atomic E-state index is 0.0584. The van der Waals surface area contributed by atoms with Crippen LogP contribution in [0.25, 0.3) is 0 Å². The van der Waals surface area contributed by atoms with Gasteiger partial charge >= 0.3 is 11.9 Å². The lowest BCUT2D eigenvalue weighted by Crippen LogP contribution is -2.10. The standard InChI is InChI=1S/C14H18O5/c1-10(5-7-15)6-8-19-14(18)12-4-2-3-11(9-12)13(16)17/h2-4,9-10,15H,5-8H2,1H3,(H,16,17). The highest BCUT2D eigenvalue weighted by atomic mass is 16.5. The number of carboxylic acid groups (broad SMARTS) is 1. The summed E-state index contributed by atoms with van der Waals surface area (Å²) in [6, 6.07) is 5.74. The number of benzene rings is 1. The van der Waals surface area contributed by atoms with Crippen molar-refractivity contribution >= 4 is 11.9 Å². The molecule has 0 bridgehead atoms. The quantitative estimate of drug-likeness (QED) is 0.737. The second-order valence-electron chi connectivity index (χ2n) is 4.43. The second-order valence-corrected chi connectivity index (χ2v) is 4.43. The van der Waals surface area contributed by atoms with Gasteiger partial charge in [0.25, 0.3) is 0 Å². The van der Waals surface area contributed by atoms with E-state index in [9.17, 15) is 9.59 Å². The first kappa shape index (κ1) is 15.2. The number of carbonyl (C=O) groups excluding carboxylic acids is 1. The van der Waals surface area contributed by atoms with Crippen LogP contribution in [0.1, 0.15) is 40.5 Å². The molecule has 0 aromatic heterocycles. The van der Waals surface area contributed by atoms with E-state index in [0.29, 0.717) is 12.8 Å². The summed E-state index contributed by atoms with van der Waals surface area (Å²) in [5, 5.41) is 17.6. The zero-order valence-electron chi connectivity index (χ0n) is 10.8. The molecular formula is C14H18O5. The summed E-state index contributed by atoms with van der Waals surface area (Å²) in [6.07, 6.45) is 1.34. The van der Waals surface area contributed by atoms with Crippen LogP contribution in [0.4, 0.5) is 0 Å². The first-order valence-electron chi connectivity index (χ1n) is 6.16. The Labute approximate surface area is 111 Å². The van der Waals surface area contributed by atoms with Gasteiger partial charge in [0.05, 0.1) is 17.7 Å². The van der Waals surface area contributed by atoms with Gasteiger partial charge < -0.3 is 14.9 Å². The second kappa shape index (κ2) is 7.53. The fraction of sp³-hybridized carbons (Fsp3) is 0.429. The topological polar surface area (TPSA) is 83.8 Å². The van der Waals surface area contributed by atoms with Crippen LogP contribution in [-0.2, 0) is 4.74 Å². The summed E-state index contributed by atoms with van der Waals surface area (Å²) in [5.74, 6) is -1.33. The van der Waals surface area contributed by atoms with Gasteiger partial charge in [0.1, 0.15) is 0 Å². The summed E-state index contributed by atoms with van der Waals surface area (Å²) in [4.78, 5) is 22.5. The monoisotopic (exact) mass is 266 g/mol. The third-order valence-electron chi connectivity index (χ3n) is 2.81. The van der Waals surface area contributed by atoms with E-state index < -0.39 is 11.9 Å². The number of aliphatic hydroxyl groups excluding tert-OH is 1. The van der Waals surface area contributed by atoms with Crippen molar-refractivity contribution < 1.29 is 24.5 Å². The number of rotatable bonds is 7. The van der Waals surface area contributed by atoms with Gasteiger partial charge in [-0.25, -0.2) is 9.59 Å². The van der Waals surface area contributed by atoms with E-state index in [1.54, 1.807) is 0 Å². The summed E-state index contributed by atoms with van der Waals surface area (Å²) in [7, 11) is 0. The Morgan fingerprint density at radius 1 is 1.26 bits per heavy atom. The van der Waals surface area contributed by atoms with E-state index in [0.717, 1.165) is 0 Å². The Morgan fingerprint density at radius 3 is 2.58 bits per heavy atom. The lowest BCUT2D eigenvalue weighted by molar-refractivity contribution is 0.0481. The summed E-state index contributed by atoms with van der Waals surface area (Å²) in [5.41, 5.74) is 0.290. The fourth-order valence-corrected chi connectivity index (χ4v) is 1.58. The highest BCUT2D eigenvalue weighted by Crippen LogP contribution is 2.10. The molecular weight excluding hydrogens is 248 g/mol. The molecule has 0 radical (unpaired) electrons. The SMILES string of the molecule is CC(CCO)CCOC(=O)c1cccc(C(=O)O)c1. The number of carbonyl (C=O) groups is 2. The van der Waals surface area contributed by atoms with Crippen LogP contribution >= 0.6 is 0 Å². The molecule has 0 aliphatic heterocycles. The highest BCUT2D eigenvalue weighted by molar-refractivity contribution is 5.94. The van der Waals surface area contributed by atoms with Crippen LogP contribution in [0, 0.1) is 5.92 Å². The van der Waals surface area contributed by atoms with Gasteiger partial charge in [-0.3, -0.25) is 0 Å². The molecule has 2 N–H and O–H groups in total. The maximum absolute atomic E-state index is 11.7. The maximum Gasteiger partial charge on any atom is 0.338 e. The zero-order valence-corrected chi connectivity index (χ0v) is 10.8. The minimum Gasteiger partial charge on any atom is -0.478 e. The number of ether oxygens (including phenoxy) is 1. The van der Waals surface area contributed by atoms with E-state index in [-0.39, 0.29) is 30.3 Å². The van der Waals surface area contributed by atoms with Gasteiger partial charge in [0.2, 0.25) is 0 Å². The first-order valence-corrected chi connectivity index (χ1v) is 6.16. The molecule has 1 aromatic rings. The number of carboxylic acids is 1. The third-order valence-corrected chi connectivity index (χ3v) is 2.81. The molecule has 0 aliphatic rings. The predicted octanol–water partition coefficient (Wildman–Crippen LogP) is 1.95. The molecule has 1 unspecified atom stereocenters. The lowest BCUT2D eigenvalue weighted by atomic mass is 10.1. The number of aromatic carboxylic acids is 1. The molecule has 1 atom stereocenters. The van der Waals surface area contributed by atoms with Crippen LogP contribution in [0.15, 0.2) is 24.3 Å². The lowest BCUT2D eigenvalue weighted by Gasteiger charge is -2.10. The number of aliphatic hydroxyl groups is 1. The van der Waals surface area contributed by atoms with Crippen molar-refractivity contribution in [3.05, 3.63) is 35.4 Å². The van der Waals surface area contributed by atoms with Crippen LogP contribution in [0.2, 0.25) is 0 Å². The molecule has 0 heterocycles. The van der Waals surface area contributed by atoms with Gasteiger partial charge in [-0.2, -0.15) is 0 Å². The van der Waals surface area contributed by atoms with Gasteiger partial charge in [0, 0.05) is 6.61 Å². The zero-order chi connectivity index (χ0) is 14.3. The van der Waals surface area contributed by atoms with Crippen molar-refractivity contribution in [3.63, 3.8) is 0 Å². The van der Waals surface area contributed by atoms with Gasteiger partial charge in [-0.05, 0) is 37.0 Å². The van der Waals surface area contributed by atoms with Crippen molar-refractivity contribution in [1.82, 2.24) is 0 Å². The van der Waals surface area contributed by atoms with E-state index in [2.05, 4.69) is 0 Å². The Balaban J connectivity index is 2.49. The van der Waals surface area contributed by atoms with Crippen LogP contribution in [0.5, 0.6) is 0 Å². The predicted molar refractivity (Wildman–Crippen MR) is 69.2 cm³/mol. The fourth-order valence-electron chi connectivity index (χ4n) is 1.58. The van der Waals surface area contributed by atoms with Crippen molar-refractivity contribution in [3.8, 4) is 0 Å². The molecule has 19 heavy (non-hydrogen) atoms. The number of hydrogen-bond acceptors (Lipinski definition) is 4. The van der Waals surface area contributed by atoms with E-state index in [4.69, 9.17) is 14.9 Å². The van der Waals surface area contributed by atoms with Crippen molar-refractivity contribution in [2.45, 2.75) is 19.8 Å². The minimum atomic E-state index is -1.08. The number of hydrogen-bond donors (Lipinski definition) is 2. The average molecular weight is 266 g/mol. The van der Waals surface area contributed by atoms with Crippen LogP contribution in [0.3, 0.4) is 0 Å². The smallest absolute Gasteiger partial charge is 0.338 e. The summed E-state index contributed by atoms with van der Waals surface area (Å²) in [6.45, 7) is 2.35. The molecule has 5 nitrogen and oxygen atoms in total. The van der Waals surface area contributed by atoms with Crippen molar-refractivity contribution in [2.24, 2.45) is 5.92 Å². The first-order chi connectivity index (χ1) is 9.04. The molecule has 104 valence electrons. The molecule has 0 fully saturated rings. The van der Waals surface area contributed by atoms with Gasteiger partial charge in [-0.15, -0.1) is 0 Å². The van der Waals surface area contributed by atoms with Crippen molar-refractivity contribution in [1.29, 1.82) is 0 Å². The third kappa shape index (κ3) is 5.09. The molecule has 1 rings (SSSR count). The summed E-state index contributed by atoms with van der Waals surface area (Å²) < 4.78 is 5.07. The summed E-state index contributed by atoms with van der Waals surface area (Å²) >= 11 is 0. The molecule has 0 saturated carbocycles. The molecule has 0 spiro atoms. The number of esters is 1. The molecule has 0 saturated heterocycles. The maximum atomic E-state index is 11.7. The van der Waals surface area contributed by atoms with E-state index in [1.165, 1.54) is 24.3 Å². The highest BCUT2D eigenvalue weighted by Gasteiger charge is 2.11. The molecule has 5 heteroatoms. The Bertz CT molecular complexity index is 441. The van der Waals surface area contributed by atoms with E-state index in [1.807, 2.05) is 6.92 Å². The Hall–Kier alpha value is -1.88. The Morgan fingerprint density at radius 2 is 1.95 bits per heavy atom. The van der Waals surface area contributed by atoms with E-state index >= 15 is 0 Å². The Kier molecular flexibility index (Phi) is 6.02. The van der Waals surface area contributed by atoms with Gasteiger partial charge in [-0.1, -0.05) is 13.0 Å². The molecule has 0 aliphatic carbocycles. The average Bonchev–Trinajstić information content (AvgIpc) is 2.39. The van der Waals surface area contributed by atoms with Crippen molar-refractivity contribution in [2.75, 3.05) is 13.2 Å². The molecule has 1 aromatic carbocycles. The normalized spacial score (nSPS) is 11.9.